The Kier molecular flexibility index (Phi) is 5.71. The van der Waals surface area contributed by atoms with Gasteiger partial charge in [-0.2, -0.15) is 0 Å². The number of ether oxygens (including phenoxy) is 1. The zero-order valence-electron chi connectivity index (χ0n) is 17.9. The lowest BCUT2D eigenvalue weighted by molar-refractivity contribution is -0.123. The van der Waals surface area contributed by atoms with E-state index in [0.29, 0.717) is 39.0 Å². The van der Waals surface area contributed by atoms with Gasteiger partial charge in [0.25, 0.3) is 11.6 Å². The Bertz CT molecular complexity index is 1320. The predicted molar refractivity (Wildman–Crippen MR) is 119 cm³/mol. The van der Waals surface area contributed by atoms with Gasteiger partial charge in [0.1, 0.15) is 11.5 Å². The molecule has 8 nitrogen and oxygen atoms in total. The second kappa shape index (κ2) is 8.47. The summed E-state index contributed by atoms with van der Waals surface area (Å²) in [6.45, 7) is 6.82. The van der Waals surface area contributed by atoms with Crippen LogP contribution in [0.1, 0.15) is 34.5 Å². The number of anilines is 1. The number of rotatable bonds is 5. The zero-order chi connectivity index (χ0) is 23.0. The van der Waals surface area contributed by atoms with E-state index in [2.05, 4.69) is 15.5 Å². The molecule has 9 heteroatoms. The van der Waals surface area contributed by atoms with Crippen molar-refractivity contribution >= 4 is 40.3 Å². The van der Waals surface area contributed by atoms with E-state index in [-0.39, 0.29) is 11.3 Å². The lowest BCUT2D eigenvalue weighted by Gasteiger charge is -2.14. The van der Waals surface area contributed by atoms with Gasteiger partial charge in [0, 0.05) is 16.3 Å². The average Bonchev–Trinajstić information content (AvgIpc) is 3.30. The van der Waals surface area contributed by atoms with E-state index in [1.54, 1.807) is 44.2 Å². The zero-order valence-corrected chi connectivity index (χ0v) is 18.6. The number of fused-ring (bicyclic) bond motifs is 1. The topological polar surface area (TPSA) is 107 Å². The molecule has 1 atom stereocenters. The third kappa shape index (κ3) is 4.22. The Hall–Kier alpha value is -3.65. The molecule has 0 saturated heterocycles. The fourth-order valence-electron chi connectivity index (χ4n) is 3.33. The molecule has 0 radical (unpaired) electrons. The van der Waals surface area contributed by atoms with Crippen LogP contribution in [-0.2, 0) is 9.53 Å². The van der Waals surface area contributed by atoms with Crippen LogP contribution in [0.2, 0.25) is 5.02 Å². The van der Waals surface area contributed by atoms with Crippen molar-refractivity contribution in [3.05, 3.63) is 64.2 Å². The summed E-state index contributed by atoms with van der Waals surface area (Å²) in [5.74, 6) is 0.196. The van der Waals surface area contributed by atoms with Crippen LogP contribution >= 0.6 is 11.6 Å². The van der Waals surface area contributed by atoms with Gasteiger partial charge in [0.2, 0.25) is 0 Å². The van der Waals surface area contributed by atoms with Gasteiger partial charge < -0.3 is 19.0 Å². The number of aryl methyl sites for hydroxylation is 3. The molecule has 1 aromatic carbocycles. The van der Waals surface area contributed by atoms with Gasteiger partial charge in [-0.1, -0.05) is 16.8 Å². The highest BCUT2D eigenvalue weighted by Crippen LogP contribution is 2.31. The maximum atomic E-state index is 13.1. The van der Waals surface area contributed by atoms with Gasteiger partial charge in [-0.05, 0) is 64.1 Å². The molecule has 3 aromatic heterocycles. The van der Waals surface area contributed by atoms with Gasteiger partial charge >= 0.3 is 5.97 Å². The van der Waals surface area contributed by atoms with Crippen molar-refractivity contribution in [2.24, 2.45) is 0 Å². The van der Waals surface area contributed by atoms with E-state index in [1.165, 1.54) is 6.92 Å². The number of aromatic nitrogens is 2. The number of carbonyl (C=O) groups excluding carboxylic acids is 2. The lowest BCUT2D eigenvalue weighted by atomic mass is 10.1. The van der Waals surface area contributed by atoms with Crippen molar-refractivity contribution in [2.45, 2.75) is 33.8 Å². The maximum absolute atomic E-state index is 13.1. The number of halogens is 1. The number of hydrogen-bond acceptors (Lipinski definition) is 7. The highest BCUT2D eigenvalue weighted by molar-refractivity contribution is 6.30. The molecule has 4 rings (SSSR count). The summed E-state index contributed by atoms with van der Waals surface area (Å²) in [4.78, 5) is 30.0. The second-order valence-electron chi connectivity index (χ2n) is 7.37. The number of esters is 1. The largest absolute Gasteiger partial charge is 0.466 e. The van der Waals surface area contributed by atoms with Crippen LogP contribution in [0.15, 0.2) is 45.3 Å². The first-order chi connectivity index (χ1) is 15.2. The third-order valence-electron chi connectivity index (χ3n) is 4.92. The molecular weight excluding hydrogens is 434 g/mol. The van der Waals surface area contributed by atoms with E-state index in [4.69, 9.17) is 25.3 Å². The number of pyridine rings is 1. The molecule has 32 heavy (non-hydrogen) atoms. The Morgan fingerprint density at radius 2 is 1.84 bits per heavy atom. The molecule has 0 fully saturated rings. The quantitative estimate of drug-likeness (QED) is 0.411. The molecule has 1 amide bonds. The molecular formula is C23H20ClN3O5. The first kappa shape index (κ1) is 21.6. The first-order valence-corrected chi connectivity index (χ1v) is 10.2. The highest BCUT2D eigenvalue weighted by Gasteiger charge is 2.25. The molecule has 0 aliphatic heterocycles. The third-order valence-corrected chi connectivity index (χ3v) is 5.17. The first-order valence-electron chi connectivity index (χ1n) is 9.84. The van der Waals surface area contributed by atoms with E-state index in [9.17, 15) is 9.59 Å². The summed E-state index contributed by atoms with van der Waals surface area (Å²) in [5.41, 5.74) is 2.63. The van der Waals surface area contributed by atoms with E-state index in [0.717, 1.165) is 5.56 Å². The Morgan fingerprint density at radius 1 is 1.12 bits per heavy atom. The van der Waals surface area contributed by atoms with E-state index < -0.39 is 18.0 Å². The van der Waals surface area contributed by atoms with Crippen LogP contribution < -0.4 is 5.32 Å². The van der Waals surface area contributed by atoms with Crippen LogP contribution in [0.25, 0.3) is 22.4 Å². The number of hydrogen-bond donors (Lipinski definition) is 1. The van der Waals surface area contributed by atoms with Crippen LogP contribution in [0.4, 0.5) is 5.69 Å². The van der Waals surface area contributed by atoms with Gasteiger partial charge in [0.15, 0.2) is 6.10 Å². The summed E-state index contributed by atoms with van der Waals surface area (Å²) in [6.07, 6.45) is -1.05. The second-order valence-corrected chi connectivity index (χ2v) is 7.81. The minimum absolute atomic E-state index is 0.198. The summed E-state index contributed by atoms with van der Waals surface area (Å²) in [6, 6.07) is 10.0. The van der Waals surface area contributed by atoms with Gasteiger partial charge in [-0.3, -0.25) is 4.79 Å². The predicted octanol–water partition coefficient (Wildman–Crippen LogP) is 5.25. The minimum Gasteiger partial charge on any atom is -0.466 e. The smallest absolute Gasteiger partial charge is 0.339 e. The van der Waals surface area contributed by atoms with Crippen molar-refractivity contribution in [1.29, 1.82) is 0 Å². The number of furan rings is 1. The van der Waals surface area contributed by atoms with Crippen molar-refractivity contribution in [2.75, 3.05) is 5.32 Å². The maximum Gasteiger partial charge on any atom is 0.339 e. The molecule has 0 saturated carbocycles. The van der Waals surface area contributed by atoms with E-state index in [1.807, 2.05) is 13.0 Å². The fraction of sp³-hybridized carbons (Fsp3) is 0.217. The number of amides is 1. The Labute approximate surface area is 188 Å². The number of nitrogens with one attached hydrogen (secondary N) is 1. The molecule has 0 spiro atoms. The number of carbonyl (C=O) groups is 2. The number of nitrogens with zero attached hydrogens (tertiary/aromatic N) is 2. The van der Waals surface area contributed by atoms with Crippen molar-refractivity contribution in [3.8, 4) is 11.3 Å². The molecule has 0 bridgehead atoms. The summed E-state index contributed by atoms with van der Waals surface area (Å²) in [5, 5.41) is 7.59. The molecule has 1 unspecified atom stereocenters. The SMILES string of the molecule is Cc1cc(-c2cc(C(=O)OC(C)C(=O)Nc3ccc(Cl)cc3)c3c(C)noc3n2)c(C)o1. The van der Waals surface area contributed by atoms with Gasteiger partial charge in [0.05, 0.1) is 22.3 Å². The van der Waals surface area contributed by atoms with Crippen LogP contribution in [-0.4, -0.2) is 28.1 Å². The summed E-state index contributed by atoms with van der Waals surface area (Å²) < 4.78 is 16.3. The normalized spacial score (nSPS) is 12.0. The fourth-order valence-corrected chi connectivity index (χ4v) is 3.46. The van der Waals surface area contributed by atoms with Gasteiger partial charge in [-0.15, -0.1) is 0 Å². The standard InChI is InChI=1S/C23H20ClN3O5/c1-11-9-17(13(3)30-11)19-10-18(20-12(2)27-32-22(20)26-19)23(29)31-14(4)21(28)25-16-7-5-15(24)6-8-16/h5-10,14H,1-4H3,(H,25,28). The van der Waals surface area contributed by atoms with E-state index >= 15 is 0 Å². The Morgan fingerprint density at radius 3 is 2.50 bits per heavy atom. The summed E-state index contributed by atoms with van der Waals surface area (Å²) >= 11 is 5.86. The monoisotopic (exact) mass is 453 g/mol. The highest BCUT2D eigenvalue weighted by atomic mass is 35.5. The molecule has 164 valence electrons. The minimum atomic E-state index is -1.05. The molecule has 3 heterocycles. The molecule has 1 N–H and O–H groups in total. The van der Waals surface area contributed by atoms with Crippen LogP contribution in [0.5, 0.6) is 0 Å². The van der Waals surface area contributed by atoms with Crippen LogP contribution in [0.3, 0.4) is 0 Å². The Balaban J connectivity index is 1.62. The van der Waals surface area contributed by atoms with Crippen molar-refractivity contribution in [3.63, 3.8) is 0 Å². The average molecular weight is 454 g/mol. The molecule has 0 aliphatic rings. The molecule has 0 aliphatic carbocycles. The van der Waals surface area contributed by atoms with Gasteiger partial charge in [-0.25, -0.2) is 9.78 Å². The summed E-state index contributed by atoms with van der Waals surface area (Å²) in [7, 11) is 0. The lowest BCUT2D eigenvalue weighted by Crippen LogP contribution is -2.30. The van der Waals surface area contributed by atoms with Crippen LogP contribution in [0, 0.1) is 20.8 Å². The molecule has 4 aromatic rings. The number of benzene rings is 1. The van der Waals surface area contributed by atoms with Crippen molar-refractivity contribution < 1.29 is 23.3 Å². The van der Waals surface area contributed by atoms with Crippen molar-refractivity contribution in [1.82, 2.24) is 10.1 Å².